The van der Waals surface area contributed by atoms with Crippen LogP contribution in [0.1, 0.15) is 31.6 Å². The van der Waals surface area contributed by atoms with Crippen LogP contribution in [0.15, 0.2) is 41.3 Å². The van der Waals surface area contributed by atoms with Crippen LogP contribution in [0, 0.1) is 6.92 Å². The van der Waals surface area contributed by atoms with Gasteiger partial charge in [0.05, 0.1) is 12.7 Å². The molecule has 1 aromatic carbocycles. The second-order valence-corrected chi connectivity index (χ2v) is 11.0. The molecule has 1 fully saturated rings. The molecule has 0 amide bonds. The van der Waals surface area contributed by atoms with Crippen molar-refractivity contribution >= 4 is 24.1 Å². The summed E-state index contributed by atoms with van der Waals surface area (Å²) in [5.74, 6) is -0.155. The number of aliphatic hydroxyl groups is 1. The molecule has 1 aromatic heterocycles. The third kappa shape index (κ3) is 7.13. The first-order valence-electron chi connectivity index (χ1n) is 10.1. The van der Waals surface area contributed by atoms with E-state index in [0.717, 1.165) is 0 Å². The molecule has 13 heteroatoms. The van der Waals surface area contributed by atoms with Crippen molar-refractivity contribution in [3.8, 4) is 11.6 Å². The number of para-hydroxylation sites is 1. The van der Waals surface area contributed by atoms with Crippen LogP contribution < -0.4 is 10.4 Å². The average Bonchev–Trinajstić information content (AvgIpc) is 3.15. The highest BCUT2D eigenvalue weighted by atomic mass is 32.7. The molecule has 11 nitrogen and oxygen atoms in total. The lowest BCUT2D eigenvalue weighted by Gasteiger charge is -2.18. The van der Waals surface area contributed by atoms with Gasteiger partial charge in [0, 0.05) is 36.0 Å². The summed E-state index contributed by atoms with van der Waals surface area (Å²) in [5, 5.41) is 10.3. The lowest BCUT2D eigenvalue weighted by molar-refractivity contribution is -0.140. The number of aliphatic hydroxyl groups excluding tert-OH is 1. The van der Waals surface area contributed by atoms with Crippen LogP contribution in [-0.2, 0) is 23.4 Å². The van der Waals surface area contributed by atoms with Gasteiger partial charge in [0.1, 0.15) is 24.0 Å². The maximum Gasteiger partial charge on any atom is 0.389 e. The molecule has 0 bridgehead atoms. The minimum Gasteiger partial charge on any atom is -0.454 e. The van der Waals surface area contributed by atoms with Crippen molar-refractivity contribution in [3.63, 3.8) is 0 Å². The zero-order valence-corrected chi connectivity index (χ0v) is 19.7. The fourth-order valence-electron chi connectivity index (χ4n) is 2.96. The van der Waals surface area contributed by atoms with Gasteiger partial charge in [0.25, 0.3) is 0 Å². The van der Waals surface area contributed by atoms with Gasteiger partial charge in [-0.05, 0) is 19.1 Å². The lowest BCUT2D eigenvalue weighted by Crippen LogP contribution is -2.28. The molecular weight excluding hydrogens is 475 g/mol. The molecule has 2 unspecified atom stereocenters. The summed E-state index contributed by atoms with van der Waals surface area (Å²) in [6.07, 6.45) is -1.09. The van der Waals surface area contributed by atoms with E-state index in [9.17, 15) is 24.2 Å². The van der Waals surface area contributed by atoms with E-state index in [1.807, 2.05) is 6.07 Å². The predicted molar refractivity (Wildman–Crippen MR) is 119 cm³/mol. The molecule has 1 saturated heterocycles. The average molecular weight is 500 g/mol. The Labute approximate surface area is 193 Å². The van der Waals surface area contributed by atoms with Gasteiger partial charge < -0.3 is 24.2 Å². The summed E-state index contributed by atoms with van der Waals surface area (Å²) in [6, 6.07) is 8.90. The van der Waals surface area contributed by atoms with E-state index in [0.29, 0.717) is 22.7 Å². The summed E-state index contributed by atoms with van der Waals surface area (Å²) >= 11 is 0.440. The van der Waals surface area contributed by atoms with Crippen LogP contribution >= 0.6 is 18.2 Å². The number of esters is 1. The second-order valence-electron chi connectivity index (χ2n) is 7.15. The van der Waals surface area contributed by atoms with Crippen molar-refractivity contribution in [1.82, 2.24) is 9.55 Å². The summed E-state index contributed by atoms with van der Waals surface area (Å²) < 4.78 is 34.4. The predicted octanol–water partition coefficient (Wildman–Crippen LogP) is 2.75. The van der Waals surface area contributed by atoms with Crippen LogP contribution in [0.3, 0.4) is 0 Å². The summed E-state index contributed by atoms with van der Waals surface area (Å²) in [6.45, 7) is -1.21. The third-order valence-electron chi connectivity index (χ3n) is 4.69. The highest BCUT2D eigenvalue weighted by Gasteiger charge is 2.37. The summed E-state index contributed by atoms with van der Waals surface area (Å²) in [5.41, 5.74) is -0.0550. The molecule has 2 N–H and O–H groups in total. The molecule has 0 radical (unpaired) electrons. The molecule has 1 aliphatic rings. The maximum absolute atomic E-state index is 12.5. The fourth-order valence-corrected chi connectivity index (χ4v) is 4.65. The number of carbonyl (C=O) groups is 1. The van der Waals surface area contributed by atoms with E-state index in [-0.39, 0.29) is 24.7 Å². The first kappa shape index (κ1) is 25.4. The molecule has 2 heterocycles. The minimum absolute atomic E-state index is 0.0604. The van der Waals surface area contributed by atoms with Crippen molar-refractivity contribution in [2.45, 2.75) is 45.1 Å². The van der Waals surface area contributed by atoms with Crippen molar-refractivity contribution < 1.29 is 38.1 Å². The first-order chi connectivity index (χ1) is 15.7. The molecular formula is C20H25N2O9PS. The highest BCUT2D eigenvalue weighted by Crippen LogP contribution is 2.56. The third-order valence-corrected chi connectivity index (χ3v) is 7.32. The first-order valence-corrected chi connectivity index (χ1v) is 13.3. The van der Waals surface area contributed by atoms with Crippen LogP contribution in [0.2, 0.25) is 0 Å². The standard InChI is InChI=1S/C20H25N2O9PS/c1-3-18(24)28-12-33-32(26,27)29-11-16-15(23)9-17(31-16)22-10-13(2)19(21-20(22)25)30-14-7-5-4-6-8-14/h4-8,10,15-17,23H,3,9,11-12H2,1-2H3,(H,26,27)/t15?,16-,17-/m1/s1. The van der Waals surface area contributed by atoms with Gasteiger partial charge in [0.15, 0.2) is 0 Å². The lowest BCUT2D eigenvalue weighted by atomic mass is 10.2. The highest BCUT2D eigenvalue weighted by molar-refractivity contribution is 8.54. The number of rotatable bonds is 10. The van der Waals surface area contributed by atoms with E-state index >= 15 is 0 Å². The molecule has 1 aliphatic heterocycles. The van der Waals surface area contributed by atoms with Crippen molar-refractivity contribution in [3.05, 3.63) is 52.6 Å². The van der Waals surface area contributed by atoms with Gasteiger partial charge in [-0.25, -0.2) is 9.36 Å². The fraction of sp³-hybridized carbons (Fsp3) is 0.450. The topological polar surface area (TPSA) is 146 Å². The van der Waals surface area contributed by atoms with Gasteiger partial charge in [-0.15, -0.1) is 0 Å². The van der Waals surface area contributed by atoms with Crippen LogP contribution in [0.5, 0.6) is 11.6 Å². The number of ether oxygens (including phenoxy) is 3. The number of hydrogen-bond donors (Lipinski definition) is 2. The van der Waals surface area contributed by atoms with Crippen LogP contribution in [-0.4, -0.2) is 50.3 Å². The molecule has 180 valence electrons. The number of aryl methyl sites for hydroxylation is 1. The largest absolute Gasteiger partial charge is 0.454 e. The summed E-state index contributed by atoms with van der Waals surface area (Å²) in [4.78, 5) is 37.5. The Morgan fingerprint density at radius 1 is 1.36 bits per heavy atom. The molecule has 0 saturated carbocycles. The Morgan fingerprint density at radius 3 is 2.79 bits per heavy atom. The molecule has 0 aliphatic carbocycles. The number of hydrogen-bond acceptors (Lipinski definition) is 10. The molecule has 4 atom stereocenters. The number of aromatic nitrogens is 2. The van der Waals surface area contributed by atoms with Gasteiger partial charge in [-0.2, -0.15) is 4.98 Å². The Balaban J connectivity index is 1.59. The quantitative estimate of drug-likeness (QED) is 0.282. The second kappa shape index (κ2) is 11.3. The SMILES string of the molecule is CCC(=O)OCSP(=O)(O)OC[C@H]1O[C@@H](n2cc(C)c(Oc3ccccc3)nc2=O)CC1O. The van der Waals surface area contributed by atoms with Gasteiger partial charge >= 0.3 is 18.5 Å². The Hall–Kier alpha value is -2.21. The minimum atomic E-state index is -4.14. The molecule has 0 spiro atoms. The van der Waals surface area contributed by atoms with Crippen LogP contribution in [0.25, 0.3) is 0 Å². The van der Waals surface area contributed by atoms with E-state index in [1.165, 1.54) is 10.8 Å². The summed E-state index contributed by atoms with van der Waals surface area (Å²) in [7, 11) is 0. The maximum atomic E-state index is 12.5. The molecule has 33 heavy (non-hydrogen) atoms. The van der Waals surface area contributed by atoms with Gasteiger partial charge in [-0.1, -0.05) is 25.1 Å². The van der Waals surface area contributed by atoms with E-state index < -0.39 is 43.5 Å². The Kier molecular flexibility index (Phi) is 8.69. The zero-order chi connectivity index (χ0) is 24.0. The number of benzene rings is 1. The Bertz CT molecular complexity index is 1070. The number of carbonyl (C=O) groups excluding carboxylic acids is 1. The van der Waals surface area contributed by atoms with E-state index in [2.05, 4.69) is 4.98 Å². The monoisotopic (exact) mass is 500 g/mol. The van der Waals surface area contributed by atoms with Gasteiger partial charge in [-0.3, -0.25) is 13.9 Å². The normalized spacial score (nSPS) is 22.0. The van der Waals surface area contributed by atoms with Crippen molar-refractivity contribution in [1.29, 1.82) is 0 Å². The zero-order valence-electron chi connectivity index (χ0n) is 18.0. The Morgan fingerprint density at radius 2 is 2.09 bits per heavy atom. The van der Waals surface area contributed by atoms with E-state index in [1.54, 1.807) is 38.1 Å². The number of nitrogens with zero attached hydrogens (tertiary/aromatic N) is 2. The molecule has 2 aromatic rings. The molecule has 3 rings (SSSR count). The van der Waals surface area contributed by atoms with Crippen molar-refractivity contribution in [2.75, 3.05) is 12.5 Å². The van der Waals surface area contributed by atoms with Gasteiger partial charge in [0.2, 0.25) is 5.88 Å². The van der Waals surface area contributed by atoms with Crippen LogP contribution in [0.4, 0.5) is 0 Å². The smallest absolute Gasteiger partial charge is 0.389 e. The van der Waals surface area contributed by atoms with E-state index in [4.69, 9.17) is 18.7 Å². The van der Waals surface area contributed by atoms with Crippen molar-refractivity contribution in [2.24, 2.45) is 0 Å².